The molecule has 0 saturated carbocycles. The van der Waals surface area contributed by atoms with Crippen LogP contribution in [0.3, 0.4) is 0 Å². The van der Waals surface area contributed by atoms with E-state index in [0.29, 0.717) is 11.4 Å². The summed E-state index contributed by atoms with van der Waals surface area (Å²) >= 11 is 6.22. The zero-order chi connectivity index (χ0) is 15.6. The van der Waals surface area contributed by atoms with Gasteiger partial charge in [-0.3, -0.25) is 4.79 Å². The predicted octanol–water partition coefficient (Wildman–Crippen LogP) is 3.63. The van der Waals surface area contributed by atoms with Gasteiger partial charge in [0.25, 0.3) is 5.91 Å². The first-order chi connectivity index (χ1) is 10.6. The summed E-state index contributed by atoms with van der Waals surface area (Å²) in [5, 5.41) is 4.78. The van der Waals surface area contributed by atoms with Crippen LogP contribution in [0.25, 0.3) is 0 Å². The second-order valence-electron chi connectivity index (χ2n) is 6.22. The van der Waals surface area contributed by atoms with E-state index in [1.807, 2.05) is 36.1 Å². The second-order valence-corrected chi connectivity index (χ2v) is 6.63. The molecule has 0 radical (unpaired) electrons. The van der Waals surface area contributed by atoms with Crippen molar-refractivity contribution in [2.24, 2.45) is 5.16 Å². The minimum Gasteiger partial charge on any atom is -0.379 e. The summed E-state index contributed by atoms with van der Waals surface area (Å²) in [6.45, 7) is 3.46. The molecule has 1 fully saturated rings. The third-order valence-electron chi connectivity index (χ3n) is 4.39. The highest BCUT2D eigenvalue weighted by atomic mass is 35.5. The van der Waals surface area contributed by atoms with Crippen LogP contribution >= 0.6 is 11.6 Å². The van der Waals surface area contributed by atoms with E-state index in [2.05, 4.69) is 5.16 Å². The van der Waals surface area contributed by atoms with E-state index in [-0.39, 0.29) is 5.91 Å². The van der Waals surface area contributed by atoms with Crippen LogP contribution < -0.4 is 0 Å². The lowest BCUT2D eigenvalue weighted by molar-refractivity contribution is -0.153. The maximum atomic E-state index is 12.8. The number of amides is 1. The number of hydrogen-bond acceptors (Lipinski definition) is 3. The molecule has 2 aliphatic heterocycles. The van der Waals surface area contributed by atoms with Crippen molar-refractivity contribution < 1.29 is 9.63 Å². The fourth-order valence-electron chi connectivity index (χ4n) is 3.10. The molecule has 0 N–H and O–H groups in total. The Morgan fingerprint density at radius 3 is 2.59 bits per heavy atom. The van der Waals surface area contributed by atoms with E-state index in [9.17, 15) is 4.79 Å². The molecular formula is C17H21ClN2O2. The van der Waals surface area contributed by atoms with Crippen LogP contribution in [0.1, 0.15) is 44.6 Å². The largest absolute Gasteiger partial charge is 0.379 e. The lowest BCUT2D eigenvalue weighted by atomic mass is 9.94. The monoisotopic (exact) mass is 320 g/mol. The Kier molecular flexibility index (Phi) is 4.39. The Balaban J connectivity index is 1.74. The molecule has 0 spiro atoms. The number of oxime groups is 1. The Labute approximate surface area is 136 Å². The molecule has 0 aliphatic carbocycles. The first-order valence-corrected chi connectivity index (χ1v) is 8.27. The van der Waals surface area contributed by atoms with Crippen LogP contribution in [0.15, 0.2) is 29.4 Å². The molecule has 5 heteroatoms. The molecule has 0 aromatic heterocycles. The standard InChI is InChI=1S/C17H21ClN2O2/c1-17(16(21)20-10-6-2-3-7-11-20)12-15(19-22-17)13-8-4-5-9-14(13)18/h4-5,8-9H,2-3,6-7,10-12H2,1H3/t17-/m0/s1. The van der Waals surface area contributed by atoms with Crippen LogP contribution in [0.2, 0.25) is 5.02 Å². The quantitative estimate of drug-likeness (QED) is 0.835. The summed E-state index contributed by atoms with van der Waals surface area (Å²) < 4.78 is 0. The van der Waals surface area contributed by atoms with Gasteiger partial charge in [0.15, 0.2) is 0 Å². The van der Waals surface area contributed by atoms with E-state index in [1.165, 1.54) is 12.8 Å². The maximum Gasteiger partial charge on any atom is 0.269 e. The zero-order valence-electron chi connectivity index (χ0n) is 12.8. The lowest BCUT2D eigenvalue weighted by Crippen LogP contribution is -2.47. The van der Waals surface area contributed by atoms with Crippen LogP contribution in [-0.2, 0) is 9.63 Å². The van der Waals surface area contributed by atoms with Crippen LogP contribution in [0.5, 0.6) is 0 Å². The molecule has 22 heavy (non-hydrogen) atoms. The molecule has 0 bridgehead atoms. The van der Waals surface area contributed by atoms with Crippen molar-refractivity contribution in [1.29, 1.82) is 0 Å². The Morgan fingerprint density at radius 2 is 1.91 bits per heavy atom. The van der Waals surface area contributed by atoms with Crippen LogP contribution in [0.4, 0.5) is 0 Å². The van der Waals surface area contributed by atoms with Gasteiger partial charge in [-0.2, -0.15) is 0 Å². The SMILES string of the molecule is C[C@@]1(C(=O)N2CCCCCC2)CC(c2ccccc2Cl)=NO1. The molecule has 1 amide bonds. The average Bonchev–Trinajstić information content (AvgIpc) is 2.75. The van der Waals surface area contributed by atoms with Gasteiger partial charge < -0.3 is 9.74 Å². The topological polar surface area (TPSA) is 41.9 Å². The van der Waals surface area contributed by atoms with Crippen LogP contribution in [0, 0.1) is 0 Å². The van der Waals surface area contributed by atoms with E-state index >= 15 is 0 Å². The highest BCUT2D eigenvalue weighted by molar-refractivity contribution is 6.34. The van der Waals surface area contributed by atoms with Gasteiger partial charge in [0, 0.05) is 30.1 Å². The molecule has 118 valence electrons. The molecule has 1 aromatic rings. The van der Waals surface area contributed by atoms with Crippen molar-refractivity contribution in [3.8, 4) is 0 Å². The number of nitrogens with zero attached hydrogens (tertiary/aromatic N) is 2. The molecule has 1 saturated heterocycles. The van der Waals surface area contributed by atoms with Crippen molar-refractivity contribution in [2.45, 2.75) is 44.6 Å². The van der Waals surface area contributed by atoms with Crippen molar-refractivity contribution in [3.05, 3.63) is 34.9 Å². The number of halogens is 1. The molecular weight excluding hydrogens is 300 g/mol. The summed E-state index contributed by atoms with van der Waals surface area (Å²) in [5.41, 5.74) is 0.687. The molecule has 0 unspecified atom stereocenters. The van der Waals surface area contributed by atoms with Gasteiger partial charge in [0.2, 0.25) is 5.60 Å². The highest BCUT2D eigenvalue weighted by Gasteiger charge is 2.44. The van der Waals surface area contributed by atoms with Gasteiger partial charge in [0.05, 0.1) is 5.71 Å². The zero-order valence-corrected chi connectivity index (χ0v) is 13.6. The average molecular weight is 321 g/mol. The lowest BCUT2D eigenvalue weighted by Gasteiger charge is -2.29. The smallest absolute Gasteiger partial charge is 0.269 e. The van der Waals surface area contributed by atoms with Crippen molar-refractivity contribution in [1.82, 2.24) is 4.90 Å². The first-order valence-electron chi connectivity index (χ1n) is 7.89. The van der Waals surface area contributed by atoms with Gasteiger partial charge in [-0.05, 0) is 25.8 Å². The predicted molar refractivity (Wildman–Crippen MR) is 87.1 cm³/mol. The van der Waals surface area contributed by atoms with Crippen molar-refractivity contribution in [3.63, 3.8) is 0 Å². The Bertz CT molecular complexity index is 594. The van der Waals surface area contributed by atoms with E-state index < -0.39 is 5.60 Å². The van der Waals surface area contributed by atoms with E-state index in [4.69, 9.17) is 16.4 Å². The van der Waals surface area contributed by atoms with Crippen molar-refractivity contribution in [2.75, 3.05) is 13.1 Å². The minimum atomic E-state index is -0.904. The summed E-state index contributed by atoms with van der Waals surface area (Å²) in [5.74, 6) is 0.0419. The first kappa shape index (κ1) is 15.3. The summed E-state index contributed by atoms with van der Waals surface area (Å²) in [6, 6.07) is 7.53. The number of rotatable bonds is 2. The third-order valence-corrected chi connectivity index (χ3v) is 4.72. The summed E-state index contributed by atoms with van der Waals surface area (Å²) in [6.07, 6.45) is 5.00. The third kappa shape index (κ3) is 2.98. The number of carbonyl (C=O) groups is 1. The molecule has 3 rings (SSSR count). The van der Waals surface area contributed by atoms with Gasteiger partial charge in [-0.15, -0.1) is 0 Å². The van der Waals surface area contributed by atoms with Gasteiger partial charge in [-0.25, -0.2) is 0 Å². The number of carbonyl (C=O) groups excluding carboxylic acids is 1. The number of hydrogen-bond donors (Lipinski definition) is 0. The second kappa shape index (κ2) is 6.29. The molecule has 2 heterocycles. The minimum absolute atomic E-state index is 0.0419. The summed E-state index contributed by atoms with van der Waals surface area (Å²) in [7, 11) is 0. The fraction of sp³-hybridized carbons (Fsp3) is 0.529. The van der Waals surface area contributed by atoms with Gasteiger partial charge in [0.1, 0.15) is 0 Å². The fourth-order valence-corrected chi connectivity index (χ4v) is 3.35. The summed E-state index contributed by atoms with van der Waals surface area (Å²) in [4.78, 5) is 20.3. The molecule has 2 aliphatic rings. The molecule has 1 atom stereocenters. The molecule has 1 aromatic carbocycles. The van der Waals surface area contributed by atoms with Gasteiger partial charge >= 0.3 is 0 Å². The Morgan fingerprint density at radius 1 is 1.23 bits per heavy atom. The highest BCUT2D eigenvalue weighted by Crippen LogP contribution is 2.31. The van der Waals surface area contributed by atoms with E-state index in [1.54, 1.807) is 0 Å². The van der Waals surface area contributed by atoms with Gasteiger partial charge in [-0.1, -0.05) is 47.8 Å². The van der Waals surface area contributed by atoms with Crippen LogP contribution in [-0.4, -0.2) is 35.2 Å². The Hall–Kier alpha value is -1.55. The number of likely N-dealkylation sites (tertiary alicyclic amines) is 1. The molecule has 4 nitrogen and oxygen atoms in total. The van der Waals surface area contributed by atoms with Crippen molar-refractivity contribution >= 4 is 23.2 Å². The van der Waals surface area contributed by atoms with E-state index in [0.717, 1.165) is 37.2 Å². The normalized spacial score (nSPS) is 25.4. The number of benzene rings is 1. The maximum absolute atomic E-state index is 12.8.